The van der Waals surface area contributed by atoms with E-state index in [-0.39, 0.29) is 0 Å². The van der Waals surface area contributed by atoms with Gasteiger partial charge in [0.2, 0.25) is 0 Å². The fourth-order valence-corrected chi connectivity index (χ4v) is 3.42. The lowest BCUT2D eigenvalue weighted by Gasteiger charge is -2.30. The minimum absolute atomic E-state index is 0.538. The smallest absolute Gasteiger partial charge is 0.0877 e. The second-order valence-corrected chi connectivity index (χ2v) is 6.33. The molecule has 1 aliphatic carbocycles. The Labute approximate surface area is 131 Å². The first-order chi connectivity index (χ1) is 10.3. The van der Waals surface area contributed by atoms with Crippen LogP contribution >= 0.6 is 11.6 Å². The maximum Gasteiger partial charge on any atom is 0.0877 e. The Kier molecular flexibility index (Phi) is 4.49. The fourth-order valence-electron chi connectivity index (χ4n) is 3.25. The van der Waals surface area contributed by atoms with Crippen LogP contribution in [0.15, 0.2) is 36.7 Å². The first-order valence-electron chi connectivity index (χ1n) is 7.82. The van der Waals surface area contributed by atoms with Crippen LogP contribution in [0.25, 0.3) is 5.69 Å². The van der Waals surface area contributed by atoms with Crippen LogP contribution in [0, 0.1) is 5.92 Å². The summed E-state index contributed by atoms with van der Waals surface area (Å²) in [4.78, 5) is 0. The minimum Gasteiger partial charge on any atom is -0.381 e. The van der Waals surface area contributed by atoms with Gasteiger partial charge >= 0.3 is 0 Å². The van der Waals surface area contributed by atoms with Crippen LogP contribution < -0.4 is 5.32 Å². The Morgan fingerprint density at radius 2 is 2.29 bits per heavy atom. The molecule has 1 saturated carbocycles. The van der Waals surface area contributed by atoms with Crippen LogP contribution in [-0.4, -0.2) is 15.8 Å². The van der Waals surface area contributed by atoms with Gasteiger partial charge in [0, 0.05) is 23.5 Å². The van der Waals surface area contributed by atoms with Crippen molar-refractivity contribution in [2.24, 2.45) is 5.92 Å². The molecular formula is C17H22ClN3. The summed E-state index contributed by atoms with van der Waals surface area (Å²) >= 11 is 6.18. The van der Waals surface area contributed by atoms with Crippen molar-refractivity contribution in [3.63, 3.8) is 0 Å². The van der Waals surface area contributed by atoms with Gasteiger partial charge in [0.25, 0.3) is 0 Å². The van der Waals surface area contributed by atoms with E-state index in [9.17, 15) is 0 Å². The largest absolute Gasteiger partial charge is 0.381 e. The van der Waals surface area contributed by atoms with E-state index in [1.54, 1.807) is 6.20 Å². The lowest BCUT2D eigenvalue weighted by Crippen LogP contribution is -2.27. The monoisotopic (exact) mass is 303 g/mol. The van der Waals surface area contributed by atoms with Crippen LogP contribution in [0.2, 0.25) is 5.02 Å². The lowest BCUT2D eigenvalue weighted by molar-refractivity contribution is 0.327. The molecule has 1 fully saturated rings. The first kappa shape index (κ1) is 14.5. The molecule has 0 spiro atoms. The summed E-state index contributed by atoms with van der Waals surface area (Å²) in [6, 6.07) is 8.42. The van der Waals surface area contributed by atoms with Gasteiger partial charge in [-0.15, -0.1) is 0 Å². The van der Waals surface area contributed by atoms with Crippen LogP contribution in [0.3, 0.4) is 0 Å². The average Bonchev–Trinajstić information content (AvgIpc) is 3.02. The quantitative estimate of drug-likeness (QED) is 0.870. The van der Waals surface area contributed by atoms with Gasteiger partial charge in [-0.3, -0.25) is 0 Å². The summed E-state index contributed by atoms with van der Waals surface area (Å²) in [5.41, 5.74) is 2.14. The molecule has 0 bridgehead atoms. The van der Waals surface area contributed by atoms with Gasteiger partial charge in [0.1, 0.15) is 0 Å². The predicted octanol–water partition coefficient (Wildman–Crippen LogP) is 4.91. The molecule has 3 nitrogen and oxygen atoms in total. The van der Waals surface area contributed by atoms with Crippen molar-refractivity contribution < 1.29 is 0 Å². The third-order valence-electron chi connectivity index (χ3n) is 4.43. The molecule has 4 heteroatoms. The summed E-state index contributed by atoms with van der Waals surface area (Å²) < 4.78 is 1.89. The van der Waals surface area contributed by atoms with Crippen molar-refractivity contribution in [1.82, 2.24) is 9.78 Å². The second kappa shape index (κ2) is 6.52. The number of hydrogen-bond donors (Lipinski definition) is 1. The van der Waals surface area contributed by atoms with E-state index in [1.807, 2.05) is 35.1 Å². The summed E-state index contributed by atoms with van der Waals surface area (Å²) in [5.74, 6) is 0.851. The number of nitrogens with zero attached hydrogens (tertiary/aromatic N) is 2. The Morgan fingerprint density at radius 1 is 1.38 bits per heavy atom. The molecule has 3 rings (SSSR count). The highest BCUT2D eigenvalue weighted by Crippen LogP contribution is 2.31. The number of benzene rings is 1. The molecule has 1 aliphatic rings. The molecule has 21 heavy (non-hydrogen) atoms. The van der Waals surface area contributed by atoms with E-state index in [0.717, 1.165) is 22.3 Å². The minimum atomic E-state index is 0.538. The normalized spacial score (nSPS) is 22.2. The third-order valence-corrected chi connectivity index (χ3v) is 4.66. The molecule has 2 unspecified atom stereocenters. The van der Waals surface area contributed by atoms with Crippen molar-refractivity contribution in [2.75, 3.05) is 5.32 Å². The highest BCUT2D eigenvalue weighted by atomic mass is 35.5. The predicted molar refractivity (Wildman–Crippen MR) is 88.2 cm³/mol. The number of rotatable bonds is 4. The van der Waals surface area contributed by atoms with E-state index < -0.39 is 0 Å². The molecule has 0 radical (unpaired) electrons. The molecule has 1 heterocycles. The van der Waals surface area contributed by atoms with Crippen molar-refractivity contribution in [1.29, 1.82) is 0 Å². The van der Waals surface area contributed by atoms with Gasteiger partial charge < -0.3 is 5.32 Å². The van der Waals surface area contributed by atoms with Crippen LogP contribution in [0.1, 0.15) is 39.0 Å². The second-order valence-electron chi connectivity index (χ2n) is 5.89. The van der Waals surface area contributed by atoms with E-state index in [4.69, 9.17) is 11.6 Å². The van der Waals surface area contributed by atoms with Crippen molar-refractivity contribution in [2.45, 2.75) is 45.1 Å². The molecule has 0 amide bonds. The summed E-state index contributed by atoms with van der Waals surface area (Å²) in [7, 11) is 0. The number of nitrogens with one attached hydrogen (secondary N) is 1. The van der Waals surface area contributed by atoms with Gasteiger partial charge in [0.15, 0.2) is 0 Å². The van der Waals surface area contributed by atoms with Crippen LogP contribution in [0.4, 0.5) is 5.69 Å². The Morgan fingerprint density at radius 3 is 3.05 bits per heavy atom. The van der Waals surface area contributed by atoms with Crippen LogP contribution in [-0.2, 0) is 0 Å². The molecule has 1 N–H and O–H groups in total. The van der Waals surface area contributed by atoms with Crippen molar-refractivity contribution in [3.8, 4) is 5.69 Å². The molecule has 2 aromatic rings. The Bertz CT molecular complexity index is 580. The maximum absolute atomic E-state index is 6.18. The SMILES string of the molecule is CCC1CCCC(Nc2cc(Cl)ccc2-n2cccn2)C1. The third kappa shape index (κ3) is 3.41. The summed E-state index contributed by atoms with van der Waals surface area (Å²) in [6.07, 6.45) is 10.2. The number of hydrogen-bond acceptors (Lipinski definition) is 2. The molecule has 0 saturated heterocycles. The standard InChI is InChI=1S/C17H22ClN3/c1-2-13-5-3-6-15(11-13)20-16-12-14(18)7-8-17(16)21-10-4-9-19-21/h4,7-10,12-13,15,20H,2-3,5-6,11H2,1H3. The number of anilines is 1. The lowest BCUT2D eigenvalue weighted by atomic mass is 9.84. The Hall–Kier alpha value is -1.48. The molecule has 0 aliphatic heterocycles. The topological polar surface area (TPSA) is 29.9 Å². The van der Waals surface area contributed by atoms with Gasteiger partial charge in [-0.2, -0.15) is 5.10 Å². The highest BCUT2D eigenvalue weighted by molar-refractivity contribution is 6.31. The fraction of sp³-hybridized carbons (Fsp3) is 0.471. The summed E-state index contributed by atoms with van der Waals surface area (Å²) in [6.45, 7) is 2.29. The molecular weight excluding hydrogens is 282 g/mol. The molecule has 1 aromatic heterocycles. The maximum atomic E-state index is 6.18. The van der Waals surface area contributed by atoms with Crippen molar-refractivity contribution in [3.05, 3.63) is 41.7 Å². The first-order valence-corrected chi connectivity index (χ1v) is 8.20. The molecule has 2 atom stereocenters. The van der Waals surface area contributed by atoms with E-state index >= 15 is 0 Å². The Balaban J connectivity index is 1.82. The number of aromatic nitrogens is 2. The van der Waals surface area contributed by atoms with Gasteiger partial charge in [-0.25, -0.2) is 4.68 Å². The van der Waals surface area contributed by atoms with Gasteiger partial charge in [-0.1, -0.05) is 37.8 Å². The van der Waals surface area contributed by atoms with Crippen molar-refractivity contribution >= 4 is 17.3 Å². The number of halogens is 1. The molecule has 112 valence electrons. The van der Waals surface area contributed by atoms with Gasteiger partial charge in [0.05, 0.1) is 11.4 Å². The van der Waals surface area contributed by atoms with E-state index in [0.29, 0.717) is 6.04 Å². The van der Waals surface area contributed by atoms with E-state index in [1.165, 1.54) is 32.1 Å². The van der Waals surface area contributed by atoms with Gasteiger partial charge in [-0.05, 0) is 43.0 Å². The summed E-state index contributed by atoms with van der Waals surface area (Å²) in [5, 5.41) is 8.79. The van der Waals surface area contributed by atoms with E-state index in [2.05, 4.69) is 17.3 Å². The average molecular weight is 304 g/mol. The zero-order valence-corrected chi connectivity index (χ0v) is 13.2. The zero-order chi connectivity index (χ0) is 14.7. The highest BCUT2D eigenvalue weighted by Gasteiger charge is 2.21. The molecule has 1 aromatic carbocycles. The zero-order valence-electron chi connectivity index (χ0n) is 12.4. The van der Waals surface area contributed by atoms with Crippen LogP contribution in [0.5, 0.6) is 0 Å².